The molecular weight excluding hydrogens is 111 g/mol. The highest BCUT2D eigenvalue weighted by atomic mass is 19.1. The summed E-state index contributed by atoms with van der Waals surface area (Å²) >= 11 is 0. The summed E-state index contributed by atoms with van der Waals surface area (Å²) < 4.78 is 16.9. The Morgan fingerprint density at radius 3 is 2.50 bits per heavy atom. The van der Waals surface area contributed by atoms with Crippen LogP contribution >= 0.6 is 0 Å². The van der Waals surface area contributed by atoms with Crippen molar-refractivity contribution in [3.05, 3.63) is 0 Å². The van der Waals surface area contributed by atoms with Crippen molar-refractivity contribution in [2.45, 2.75) is 25.3 Å². The van der Waals surface area contributed by atoms with Crippen molar-refractivity contribution >= 4 is 0 Å². The van der Waals surface area contributed by atoms with Crippen molar-refractivity contribution in [2.24, 2.45) is 0 Å². The number of ether oxygens (including phenoxy) is 1. The van der Waals surface area contributed by atoms with Gasteiger partial charge in [-0.2, -0.15) is 0 Å². The van der Waals surface area contributed by atoms with E-state index in [2.05, 4.69) is 0 Å². The van der Waals surface area contributed by atoms with Gasteiger partial charge in [0, 0.05) is 0 Å². The van der Waals surface area contributed by atoms with E-state index in [-0.39, 0.29) is 12.7 Å². The number of rotatable bonds is 0. The minimum Gasteiger partial charge on any atom is -0.387 e. The summed E-state index contributed by atoms with van der Waals surface area (Å²) in [4.78, 5) is 0. The Morgan fingerprint density at radius 2 is 2.38 bits per heavy atom. The zero-order valence-electron chi connectivity index (χ0n) is 4.67. The third-order valence-electron chi connectivity index (χ3n) is 1.37. The lowest BCUT2D eigenvalue weighted by atomic mass is 10.2. The van der Waals surface area contributed by atoms with E-state index in [1.165, 1.54) is 0 Å². The molecule has 2 nitrogen and oxygen atoms in total. The molecule has 1 N–H and O–H groups in total. The molecule has 0 radical (unpaired) electrons. The van der Waals surface area contributed by atoms with Gasteiger partial charge < -0.3 is 9.84 Å². The molecule has 1 saturated heterocycles. The third-order valence-corrected chi connectivity index (χ3v) is 1.37. The Labute approximate surface area is 47.3 Å². The van der Waals surface area contributed by atoms with Crippen LogP contribution in [0.25, 0.3) is 0 Å². The van der Waals surface area contributed by atoms with Gasteiger partial charge in [0.1, 0.15) is 6.10 Å². The van der Waals surface area contributed by atoms with Crippen LogP contribution in [0.1, 0.15) is 6.92 Å². The number of hydrogen-bond donors (Lipinski definition) is 1. The van der Waals surface area contributed by atoms with Crippen molar-refractivity contribution in [1.29, 1.82) is 0 Å². The maximum Gasteiger partial charge on any atom is 0.152 e. The predicted molar refractivity (Wildman–Crippen MR) is 26.3 cm³/mol. The number of hydrogen-bond acceptors (Lipinski definition) is 2. The minimum absolute atomic E-state index is 0.0440. The van der Waals surface area contributed by atoms with Gasteiger partial charge in [0.05, 0.1) is 12.7 Å². The van der Waals surface area contributed by atoms with Crippen molar-refractivity contribution in [1.82, 2.24) is 0 Å². The molecule has 1 heterocycles. The standard InChI is InChI=1S/C5H9FO2/c1-3-5(7)4(6)2-8-3/h3-5,7H,2H2,1H3/t3-,4+,5-/m1/s1. The number of aliphatic hydroxyl groups excluding tert-OH is 1. The van der Waals surface area contributed by atoms with Crippen LogP contribution in [-0.4, -0.2) is 30.1 Å². The van der Waals surface area contributed by atoms with E-state index in [1.807, 2.05) is 0 Å². The minimum atomic E-state index is -1.18. The second kappa shape index (κ2) is 1.99. The average Bonchev–Trinajstić information content (AvgIpc) is 1.98. The lowest BCUT2D eigenvalue weighted by Gasteiger charge is -2.05. The van der Waals surface area contributed by atoms with Gasteiger partial charge in [-0.05, 0) is 6.92 Å². The largest absolute Gasteiger partial charge is 0.387 e. The third kappa shape index (κ3) is 0.833. The molecule has 0 amide bonds. The molecule has 0 aromatic carbocycles. The Bertz CT molecular complexity index is 76.5. The number of halogens is 1. The molecule has 0 aromatic rings. The number of alkyl halides is 1. The van der Waals surface area contributed by atoms with Gasteiger partial charge in [-0.25, -0.2) is 4.39 Å². The second-order valence-electron chi connectivity index (χ2n) is 2.05. The summed E-state index contributed by atoms with van der Waals surface area (Å²) in [5.41, 5.74) is 0. The Balaban J connectivity index is 2.44. The molecule has 8 heavy (non-hydrogen) atoms. The summed E-state index contributed by atoms with van der Waals surface area (Å²) in [5, 5.41) is 8.77. The molecule has 0 spiro atoms. The van der Waals surface area contributed by atoms with Crippen LogP contribution in [-0.2, 0) is 4.74 Å². The molecule has 1 aliphatic heterocycles. The first-order valence-corrected chi connectivity index (χ1v) is 2.65. The average molecular weight is 120 g/mol. The highest BCUT2D eigenvalue weighted by Crippen LogP contribution is 2.15. The fourth-order valence-corrected chi connectivity index (χ4v) is 0.735. The van der Waals surface area contributed by atoms with Crippen LogP contribution in [0, 0.1) is 0 Å². The van der Waals surface area contributed by atoms with E-state index in [1.54, 1.807) is 6.92 Å². The first kappa shape index (κ1) is 5.98. The van der Waals surface area contributed by atoms with Crippen LogP contribution in [0.15, 0.2) is 0 Å². The van der Waals surface area contributed by atoms with E-state index in [4.69, 9.17) is 9.84 Å². The van der Waals surface area contributed by atoms with Crippen molar-refractivity contribution in [3.8, 4) is 0 Å². The Morgan fingerprint density at radius 1 is 1.75 bits per heavy atom. The highest BCUT2D eigenvalue weighted by Gasteiger charge is 2.32. The molecule has 1 aliphatic rings. The highest BCUT2D eigenvalue weighted by molar-refractivity contribution is 4.79. The van der Waals surface area contributed by atoms with Gasteiger partial charge in [-0.15, -0.1) is 0 Å². The molecule has 0 bridgehead atoms. The molecule has 0 aliphatic carbocycles. The van der Waals surface area contributed by atoms with Gasteiger partial charge in [-0.3, -0.25) is 0 Å². The normalized spacial score (nSPS) is 47.6. The molecule has 3 atom stereocenters. The molecule has 1 rings (SSSR count). The summed E-state index contributed by atoms with van der Waals surface area (Å²) in [6, 6.07) is 0. The van der Waals surface area contributed by atoms with E-state index >= 15 is 0 Å². The molecular formula is C5H9FO2. The van der Waals surface area contributed by atoms with Crippen LogP contribution in [0.4, 0.5) is 4.39 Å². The SMILES string of the molecule is C[C@H]1OC[C@H](F)[C@@H]1O. The fourth-order valence-electron chi connectivity index (χ4n) is 0.735. The van der Waals surface area contributed by atoms with Gasteiger partial charge in [0.25, 0.3) is 0 Å². The predicted octanol–water partition coefficient (Wildman–Crippen LogP) is 0.104. The monoisotopic (exact) mass is 120 g/mol. The molecule has 0 unspecified atom stereocenters. The van der Waals surface area contributed by atoms with Crippen molar-refractivity contribution in [3.63, 3.8) is 0 Å². The second-order valence-corrected chi connectivity index (χ2v) is 2.05. The topological polar surface area (TPSA) is 29.5 Å². The first-order chi connectivity index (χ1) is 3.72. The quantitative estimate of drug-likeness (QED) is 0.491. The van der Waals surface area contributed by atoms with Gasteiger partial charge >= 0.3 is 0 Å². The van der Waals surface area contributed by atoms with E-state index in [0.717, 1.165) is 0 Å². The van der Waals surface area contributed by atoms with Crippen LogP contribution in [0.5, 0.6) is 0 Å². The number of aliphatic hydroxyl groups is 1. The van der Waals surface area contributed by atoms with Gasteiger partial charge in [0.15, 0.2) is 6.17 Å². The lowest BCUT2D eigenvalue weighted by molar-refractivity contribution is 0.0487. The van der Waals surface area contributed by atoms with E-state index < -0.39 is 12.3 Å². The van der Waals surface area contributed by atoms with Crippen molar-refractivity contribution in [2.75, 3.05) is 6.61 Å². The molecule has 48 valence electrons. The fraction of sp³-hybridized carbons (Fsp3) is 1.00. The molecule has 0 aromatic heterocycles. The molecule has 1 fully saturated rings. The summed E-state index contributed by atoms with van der Waals surface area (Å²) in [7, 11) is 0. The van der Waals surface area contributed by atoms with Crippen LogP contribution in [0.3, 0.4) is 0 Å². The first-order valence-electron chi connectivity index (χ1n) is 2.65. The van der Waals surface area contributed by atoms with E-state index in [0.29, 0.717) is 0 Å². The Kier molecular flexibility index (Phi) is 1.49. The van der Waals surface area contributed by atoms with Crippen molar-refractivity contribution < 1.29 is 14.2 Å². The van der Waals surface area contributed by atoms with Gasteiger partial charge in [0.2, 0.25) is 0 Å². The van der Waals surface area contributed by atoms with Gasteiger partial charge in [-0.1, -0.05) is 0 Å². The van der Waals surface area contributed by atoms with Crippen LogP contribution < -0.4 is 0 Å². The summed E-state index contributed by atoms with van der Waals surface area (Å²) in [6.07, 6.45) is -2.41. The van der Waals surface area contributed by atoms with E-state index in [9.17, 15) is 4.39 Å². The molecule has 3 heteroatoms. The Hall–Kier alpha value is -0.150. The zero-order chi connectivity index (χ0) is 6.15. The van der Waals surface area contributed by atoms with Crippen LogP contribution in [0.2, 0.25) is 0 Å². The lowest BCUT2D eigenvalue weighted by Crippen LogP contribution is -2.24. The summed E-state index contributed by atoms with van der Waals surface area (Å²) in [6.45, 7) is 1.70. The molecule has 0 saturated carbocycles. The maximum atomic E-state index is 12.2. The smallest absolute Gasteiger partial charge is 0.152 e. The summed E-state index contributed by atoms with van der Waals surface area (Å²) in [5.74, 6) is 0. The maximum absolute atomic E-state index is 12.2. The zero-order valence-corrected chi connectivity index (χ0v) is 4.67.